The van der Waals surface area contributed by atoms with E-state index in [4.69, 9.17) is 9.84 Å². The van der Waals surface area contributed by atoms with Gasteiger partial charge in [-0.15, -0.1) is 0 Å². The molecule has 4 heteroatoms. The molecule has 0 aliphatic heterocycles. The summed E-state index contributed by atoms with van der Waals surface area (Å²) in [5.41, 5.74) is 0.946. The zero-order chi connectivity index (χ0) is 15.8. The molecule has 1 amide bonds. The van der Waals surface area contributed by atoms with E-state index in [2.05, 4.69) is 5.32 Å². The molecule has 120 valence electrons. The second-order valence-electron chi connectivity index (χ2n) is 5.86. The van der Waals surface area contributed by atoms with Crippen molar-refractivity contribution in [3.8, 4) is 5.75 Å². The quantitative estimate of drug-likeness (QED) is 0.761. The van der Waals surface area contributed by atoms with Crippen molar-refractivity contribution in [2.24, 2.45) is 0 Å². The Morgan fingerprint density at radius 1 is 1.45 bits per heavy atom. The van der Waals surface area contributed by atoms with E-state index in [1.165, 1.54) is 18.9 Å². The van der Waals surface area contributed by atoms with Gasteiger partial charge < -0.3 is 15.2 Å². The molecule has 0 aromatic heterocycles. The number of amides is 1. The third-order valence-electron chi connectivity index (χ3n) is 3.75. The first-order chi connectivity index (χ1) is 10.6. The minimum Gasteiger partial charge on any atom is -0.490 e. The Bertz CT molecular complexity index is 505. The maximum absolute atomic E-state index is 11.7. The number of hydrogen-bond acceptors (Lipinski definition) is 3. The fourth-order valence-electron chi connectivity index (χ4n) is 2.53. The van der Waals surface area contributed by atoms with Crippen LogP contribution in [0.1, 0.15) is 44.6 Å². The molecule has 1 aliphatic carbocycles. The molecule has 0 spiro atoms. The maximum Gasteiger partial charge on any atom is 0.244 e. The van der Waals surface area contributed by atoms with Crippen LogP contribution in [-0.4, -0.2) is 29.8 Å². The number of ether oxygens (including phenoxy) is 1. The van der Waals surface area contributed by atoms with Gasteiger partial charge in [0.1, 0.15) is 5.75 Å². The molecule has 4 nitrogen and oxygen atoms in total. The van der Waals surface area contributed by atoms with Crippen LogP contribution < -0.4 is 10.1 Å². The van der Waals surface area contributed by atoms with Crippen molar-refractivity contribution in [2.75, 3.05) is 6.54 Å². The predicted octanol–water partition coefficient (Wildman–Crippen LogP) is 2.91. The van der Waals surface area contributed by atoms with Crippen molar-refractivity contribution < 1.29 is 14.6 Å². The lowest BCUT2D eigenvalue weighted by Crippen LogP contribution is -2.24. The third kappa shape index (κ3) is 5.90. The first kappa shape index (κ1) is 16.6. The number of nitrogens with one attached hydrogen (secondary N) is 1. The summed E-state index contributed by atoms with van der Waals surface area (Å²) in [5.74, 6) is 0.714. The number of benzene rings is 1. The Labute approximate surface area is 132 Å². The fraction of sp³-hybridized carbons (Fsp3) is 0.500. The fourth-order valence-corrected chi connectivity index (χ4v) is 2.53. The smallest absolute Gasteiger partial charge is 0.244 e. The van der Waals surface area contributed by atoms with E-state index in [0.717, 1.165) is 24.2 Å². The van der Waals surface area contributed by atoms with Crippen molar-refractivity contribution >= 4 is 12.0 Å². The van der Waals surface area contributed by atoms with Crippen LogP contribution in [-0.2, 0) is 4.79 Å². The zero-order valence-electron chi connectivity index (χ0n) is 13.1. The van der Waals surface area contributed by atoms with Crippen LogP contribution in [0.4, 0.5) is 0 Å². The van der Waals surface area contributed by atoms with Crippen molar-refractivity contribution in [1.82, 2.24) is 5.32 Å². The van der Waals surface area contributed by atoms with Gasteiger partial charge in [0.05, 0.1) is 12.2 Å². The lowest BCUT2D eigenvalue weighted by molar-refractivity contribution is -0.116. The molecule has 1 fully saturated rings. The van der Waals surface area contributed by atoms with E-state index in [0.29, 0.717) is 19.1 Å². The molecular weight excluding hydrogens is 278 g/mol. The average Bonchev–Trinajstić information content (AvgIpc) is 2.98. The first-order valence-corrected chi connectivity index (χ1v) is 8.04. The van der Waals surface area contributed by atoms with Gasteiger partial charge in [-0.05, 0) is 62.8 Å². The molecule has 1 aliphatic rings. The first-order valence-electron chi connectivity index (χ1n) is 8.04. The van der Waals surface area contributed by atoms with Crippen molar-refractivity contribution in [3.05, 3.63) is 35.9 Å². The summed E-state index contributed by atoms with van der Waals surface area (Å²) in [5, 5.41) is 11.9. The number of carbonyl (C=O) groups excluding carboxylic acids is 1. The van der Waals surface area contributed by atoms with Gasteiger partial charge in [-0.3, -0.25) is 4.79 Å². The molecule has 1 atom stereocenters. The van der Waals surface area contributed by atoms with Gasteiger partial charge >= 0.3 is 0 Å². The van der Waals surface area contributed by atoms with E-state index >= 15 is 0 Å². The molecule has 1 aromatic rings. The van der Waals surface area contributed by atoms with Gasteiger partial charge in [-0.2, -0.15) is 0 Å². The minimum atomic E-state index is -0.395. The van der Waals surface area contributed by atoms with E-state index < -0.39 is 6.10 Å². The van der Waals surface area contributed by atoms with Crippen LogP contribution in [0, 0.1) is 0 Å². The lowest BCUT2D eigenvalue weighted by atomic mass is 10.2. The number of aliphatic hydroxyl groups excluding tert-OH is 1. The molecule has 22 heavy (non-hydrogen) atoms. The number of carbonyl (C=O) groups is 1. The summed E-state index contributed by atoms with van der Waals surface area (Å²) in [6, 6.07) is 7.80. The third-order valence-corrected chi connectivity index (χ3v) is 3.75. The van der Waals surface area contributed by atoms with Crippen LogP contribution >= 0.6 is 0 Å². The van der Waals surface area contributed by atoms with Gasteiger partial charge in [0.15, 0.2) is 0 Å². The van der Waals surface area contributed by atoms with Gasteiger partial charge in [-0.25, -0.2) is 0 Å². The molecule has 2 N–H and O–H groups in total. The van der Waals surface area contributed by atoms with Crippen LogP contribution in [0.2, 0.25) is 0 Å². The van der Waals surface area contributed by atoms with Gasteiger partial charge in [0, 0.05) is 12.6 Å². The zero-order valence-corrected chi connectivity index (χ0v) is 13.1. The van der Waals surface area contributed by atoms with Crippen LogP contribution in [0.3, 0.4) is 0 Å². The average molecular weight is 303 g/mol. The lowest BCUT2D eigenvalue weighted by Gasteiger charge is -2.13. The summed E-state index contributed by atoms with van der Waals surface area (Å²) >= 11 is 0. The molecule has 0 radical (unpaired) electrons. The van der Waals surface area contributed by atoms with Crippen LogP contribution in [0.5, 0.6) is 5.75 Å². The highest BCUT2D eigenvalue weighted by atomic mass is 16.5. The van der Waals surface area contributed by atoms with E-state index in [1.807, 2.05) is 24.3 Å². The largest absolute Gasteiger partial charge is 0.490 e. The molecule has 0 bridgehead atoms. The van der Waals surface area contributed by atoms with Crippen molar-refractivity contribution in [1.29, 1.82) is 0 Å². The topological polar surface area (TPSA) is 58.6 Å². The molecular formula is C18H25NO3. The Kier molecular flexibility index (Phi) is 6.46. The summed E-state index contributed by atoms with van der Waals surface area (Å²) in [4.78, 5) is 11.7. The van der Waals surface area contributed by atoms with E-state index in [1.54, 1.807) is 13.0 Å². The monoisotopic (exact) mass is 303 g/mol. The molecule has 0 heterocycles. The maximum atomic E-state index is 11.7. The summed E-state index contributed by atoms with van der Waals surface area (Å²) in [7, 11) is 0. The second kappa shape index (κ2) is 8.59. The van der Waals surface area contributed by atoms with E-state index in [-0.39, 0.29) is 5.91 Å². The molecule has 1 aromatic carbocycles. The Morgan fingerprint density at radius 3 is 2.95 bits per heavy atom. The summed E-state index contributed by atoms with van der Waals surface area (Å²) in [6.07, 6.45) is 8.54. The minimum absolute atomic E-state index is 0.150. The Balaban J connectivity index is 1.83. The van der Waals surface area contributed by atoms with Crippen molar-refractivity contribution in [2.45, 2.75) is 51.2 Å². The van der Waals surface area contributed by atoms with E-state index in [9.17, 15) is 4.79 Å². The second-order valence-corrected chi connectivity index (χ2v) is 5.86. The predicted molar refractivity (Wildman–Crippen MR) is 87.7 cm³/mol. The summed E-state index contributed by atoms with van der Waals surface area (Å²) < 4.78 is 5.95. The highest BCUT2D eigenvalue weighted by Crippen LogP contribution is 2.24. The standard InChI is InChI=1S/C18H25NO3/c1-14(20)11-12-19-18(21)10-9-15-5-4-8-17(13-15)22-16-6-2-3-7-16/h4-5,8-10,13-14,16,20H,2-3,6-7,11-12H2,1H3,(H,19,21). The molecule has 2 rings (SSSR count). The van der Waals surface area contributed by atoms with Crippen LogP contribution in [0.25, 0.3) is 6.08 Å². The SMILES string of the molecule is CC(O)CCNC(=O)C=Cc1cccc(OC2CCCC2)c1. The van der Waals surface area contributed by atoms with Gasteiger partial charge in [0.2, 0.25) is 5.91 Å². The number of hydrogen-bond donors (Lipinski definition) is 2. The molecule has 0 saturated heterocycles. The van der Waals surface area contributed by atoms with Crippen molar-refractivity contribution in [3.63, 3.8) is 0 Å². The number of aliphatic hydroxyl groups is 1. The highest BCUT2D eigenvalue weighted by molar-refractivity contribution is 5.91. The summed E-state index contributed by atoms with van der Waals surface area (Å²) in [6.45, 7) is 2.18. The Hall–Kier alpha value is -1.81. The molecule has 1 saturated carbocycles. The van der Waals surface area contributed by atoms with Gasteiger partial charge in [0.25, 0.3) is 0 Å². The van der Waals surface area contributed by atoms with Gasteiger partial charge in [-0.1, -0.05) is 12.1 Å². The van der Waals surface area contributed by atoms with Crippen LogP contribution in [0.15, 0.2) is 30.3 Å². The normalized spacial score (nSPS) is 16.8. The number of rotatable bonds is 7. The highest BCUT2D eigenvalue weighted by Gasteiger charge is 2.16. The molecule has 1 unspecified atom stereocenters. The Morgan fingerprint density at radius 2 is 2.23 bits per heavy atom.